The first-order valence-electron chi connectivity index (χ1n) is 41.1. The number of rotatable bonds is 28. The molecule has 1 aliphatic carbocycles. The number of aliphatic hydroxyl groups is 1. The Bertz CT molecular complexity index is 4380. The standard InChI is InChI=1S/C16H21NO2.C15H22O2.2C14H21NO3.C13H20N2O2.C13H18O.C12H19NO3S/c1-15(2,3)12-6-4-11(5-7-12)10-13(18)16(8-9-16)14(17)19;1-15(2,3)13-8-5-7-12(11-13)14(16)9-6-10-17-4;1-14(2,3)11-5-6-12(15-10-11)9-13(16)18-8-7-17-4;1-14(2,3)11-6-5-7-12(10-11)15-13(16)18-9-8-17-4;1-5-6-17-12(16)7-11-14-8-10(9-15-11)13(2,3)4;1-10(14)9-11-5-7-12(8-6-11)13(2,3)4;1-12(2,3)10-4-6-11(7-5-10)17(15,16)13-8-9-14/h4-7H,8-10H2,1-3H3,(H2,17,19);5,7-8,11H,6,9-10H2,1-4H3;5-6,10H,7-9H2,1-4H3;5-7,10H,8-9H2,1-4H3,(H,15,16);8-9H,5-7H2,1-4H3;5-8H,9H2,1-4H3;4-7,13-14H,8-9H2,1-3H3. The molecular weight excluding hydrogens is 1540 g/mol. The number of amides is 2. The summed E-state index contributed by atoms with van der Waals surface area (Å²) < 4.78 is 55.2. The number of aliphatic hydroxyl groups excluding tert-OH is 1. The van der Waals surface area contributed by atoms with E-state index in [2.05, 4.69) is 189 Å². The van der Waals surface area contributed by atoms with Crippen LogP contribution in [0.1, 0.15) is 263 Å². The fourth-order valence-corrected chi connectivity index (χ4v) is 11.8. The lowest BCUT2D eigenvalue weighted by atomic mass is 9.85. The molecule has 0 saturated heterocycles. The molecule has 7 aromatic rings. The summed E-state index contributed by atoms with van der Waals surface area (Å²) >= 11 is 0. The Labute approximate surface area is 717 Å². The van der Waals surface area contributed by atoms with Gasteiger partial charge in [0, 0.05) is 83.6 Å². The molecule has 5 aromatic carbocycles. The average molecular weight is 1680 g/mol. The van der Waals surface area contributed by atoms with E-state index in [1.54, 1.807) is 52.8 Å². The van der Waals surface area contributed by atoms with E-state index in [9.17, 15) is 42.0 Å². The van der Waals surface area contributed by atoms with E-state index >= 15 is 0 Å². The van der Waals surface area contributed by atoms with Crippen LogP contribution in [0.5, 0.6) is 0 Å². The lowest BCUT2D eigenvalue weighted by molar-refractivity contribution is -0.144. The third kappa shape index (κ3) is 41.8. The van der Waals surface area contributed by atoms with Crippen molar-refractivity contribution < 1.29 is 75.5 Å². The number of hydrogen-bond donors (Lipinski definition) is 4. The molecule has 2 aromatic heterocycles. The summed E-state index contributed by atoms with van der Waals surface area (Å²) in [4.78, 5) is 93.4. The van der Waals surface area contributed by atoms with Gasteiger partial charge in [-0.25, -0.2) is 27.9 Å². The van der Waals surface area contributed by atoms with Crippen molar-refractivity contribution >= 4 is 57.0 Å². The van der Waals surface area contributed by atoms with Gasteiger partial charge < -0.3 is 39.3 Å². The molecule has 23 heteroatoms. The smallest absolute Gasteiger partial charge is 0.411 e. The Kier molecular flexibility index (Phi) is 44.7. The van der Waals surface area contributed by atoms with Gasteiger partial charge in [0.1, 0.15) is 36.7 Å². The van der Waals surface area contributed by atoms with Crippen molar-refractivity contribution in [2.75, 3.05) is 79.4 Å². The van der Waals surface area contributed by atoms with Gasteiger partial charge in [0.2, 0.25) is 15.9 Å². The molecule has 0 radical (unpaired) electrons. The zero-order valence-electron chi connectivity index (χ0n) is 76.9. The van der Waals surface area contributed by atoms with Crippen molar-refractivity contribution in [2.24, 2.45) is 11.1 Å². The third-order valence-electron chi connectivity index (χ3n) is 18.9. The molecule has 2 heterocycles. The van der Waals surface area contributed by atoms with Gasteiger partial charge >= 0.3 is 18.0 Å². The number of Topliss-reactive ketones (excluding diaryl/α,β-unsaturated/α-hetero) is 3. The number of ketones is 3. The van der Waals surface area contributed by atoms with Gasteiger partial charge in [-0.2, -0.15) is 0 Å². The van der Waals surface area contributed by atoms with Gasteiger partial charge in [0.05, 0.1) is 43.4 Å². The summed E-state index contributed by atoms with van der Waals surface area (Å²) in [5.41, 5.74) is 17.5. The van der Waals surface area contributed by atoms with Gasteiger partial charge in [0.25, 0.3) is 0 Å². The zero-order valence-corrected chi connectivity index (χ0v) is 77.7. The molecule has 120 heavy (non-hydrogen) atoms. The fraction of sp³-hybridized carbons (Fsp3) is 0.526. The molecule has 662 valence electrons. The zero-order chi connectivity index (χ0) is 91.1. The Morgan fingerprint density at radius 1 is 0.467 bits per heavy atom. The Morgan fingerprint density at radius 3 is 1.32 bits per heavy atom. The van der Waals surface area contributed by atoms with Crippen LogP contribution in [0.3, 0.4) is 0 Å². The first-order valence-corrected chi connectivity index (χ1v) is 42.6. The minimum atomic E-state index is -3.49. The molecule has 1 aliphatic rings. The number of benzene rings is 5. The number of primary amides is 1. The number of carbonyl (C=O) groups excluding carboxylic acids is 7. The lowest BCUT2D eigenvalue weighted by Gasteiger charge is -2.19. The summed E-state index contributed by atoms with van der Waals surface area (Å²) in [6.45, 7) is 50.6. The van der Waals surface area contributed by atoms with Crippen LogP contribution < -0.4 is 15.8 Å². The van der Waals surface area contributed by atoms with Crippen LogP contribution in [0, 0.1) is 5.41 Å². The third-order valence-corrected chi connectivity index (χ3v) is 20.3. The Morgan fingerprint density at radius 2 is 0.892 bits per heavy atom. The van der Waals surface area contributed by atoms with Crippen LogP contribution in [0.25, 0.3) is 0 Å². The number of aromatic nitrogens is 3. The average Bonchev–Trinajstić information content (AvgIpc) is 1.62. The summed E-state index contributed by atoms with van der Waals surface area (Å²) in [5.74, 6) is -0.119. The van der Waals surface area contributed by atoms with Crippen LogP contribution in [0.15, 0.2) is 157 Å². The van der Waals surface area contributed by atoms with Crippen molar-refractivity contribution in [3.8, 4) is 0 Å². The summed E-state index contributed by atoms with van der Waals surface area (Å²) in [6.07, 6.45) is 9.49. The highest BCUT2D eigenvalue weighted by molar-refractivity contribution is 7.89. The van der Waals surface area contributed by atoms with E-state index in [1.807, 2.05) is 116 Å². The molecule has 8 rings (SSSR count). The van der Waals surface area contributed by atoms with E-state index < -0.39 is 27.4 Å². The maximum absolute atomic E-state index is 12.1. The van der Waals surface area contributed by atoms with Gasteiger partial charge in [-0.1, -0.05) is 249 Å². The number of hydrogen-bond acceptors (Lipinski definition) is 19. The van der Waals surface area contributed by atoms with Gasteiger partial charge in [-0.3, -0.25) is 39.1 Å². The minimum Gasteiger partial charge on any atom is -0.465 e. The molecule has 22 nitrogen and oxygen atoms in total. The van der Waals surface area contributed by atoms with Crippen LogP contribution in [0.4, 0.5) is 10.5 Å². The lowest BCUT2D eigenvalue weighted by Crippen LogP contribution is -2.33. The summed E-state index contributed by atoms with van der Waals surface area (Å²) in [7, 11) is 1.30. The summed E-state index contributed by atoms with van der Waals surface area (Å²) in [5, 5.41) is 11.3. The number of methoxy groups -OCH3 is 3. The molecule has 1 fully saturated rings. The predicted molar refractivity (Wildman–Crippen MR) is 479 cm³/mol. The molecule has 2 amide bonds. The molecule has 0 unspecified atom stereocenters. The molecule has 0 aliphatic heterocycles. The Hall–Kier alpha value is -9.23. The number of carbonyl (C=O) groups is 7. The van der Waals surface area contributed by atoms with E-state index in [0.29, 0.717) is 64.4 Å². The second kappa shape index (κ2) is 50.2. The van der Waals surface area contributed by atoms with Gasteiger partial charge in [-0.05, 0) is 157 Å². The minimum absolute atomic E-state index is 0.000813. The normalized spacial score (nSPS) is 12.4. The highest BCUT2D eigenvalue weighted by Gasteiger charge is 2.54. The maximum Gasteiger partial charge on any atom is 0.411 e. The quantitative estimate of drug-likeness (QED) is 0.0116. The molecule has 0 atom stereocenters. The van der Waals surface area contributed by atoms with Crippen LogP contribution in [-0.4, -0.2) is 144 Å². The van der Waals surface area contributed by atoms with Crippen LogP contribution in [-0.2, 0) is 126 Å². The molecule has 0 bridgehead atoms. The Balaban J connectivity index is 0.000000475. The van der Waals surface area contributed by atoms with Crippen molar-refractivity contribution in [2.45, 2.75) is 260 Å². The van der Waals surface area contributed by atoms with E-state index in [1.165, 1.54) is 16.7 Å². The molecule has 1 saturated carbocycles. The van der Waals surface area contributed by atoms with Crippen LogP contribution >= 0.6 is 0 Å². The number of nitrogens with one attached hydrogen (secondary N) is 2. The van der Waals surface area contributed by atoms with Crippen molar-refractivity contribution in [3.05, 3.63) is 219 Å². The number of ether oxygens (including phenoxy) is 6. The highest BCUT2D eigenvalue weighted by atomic mass is 32.2. The molecule has 5 N–H and O–H groups in total. The monoisotopic (exact) mass is 1680 g/mol. The number of nitrogens with zero attached hydrogens (tertiary/aromatic N) is 3. The van der Waals surface area contributed by atoms with Crippen molar-refractivity contribution in [3.63, 3.8) is 0 Å². The molecule has 0 spiro atoms. The summed E-state index contributed by atoms with van der Waals surface area (Å²) in [6, 6.07) is 42.7. The number of nitrogens with two attached hydrogens (primary N) is 1. The SMILES string of the molecule is CC(=O)Cc1ccc(C(C)(C)C)cc1.CC(C)(C)c1ccc(CC(=O)C2(C(N)=O)CC2)cc1.CC(C)(C)c1ccc(S(=O)(=O)NCCO)cc1.CCCOC(=O)Cc1ncc(C(C)(C)C)cn1.COCCCC(=O)c1cccc(C(C)(C)C)c1.COCCOC(=O)Cc1ccc(C(C)(C)C)cn1.COCCOC(=O)Nc1cccc(C(C)(C)C)c1. The van der Waals surface area contributed by atoms with E-state index in [4.69, 9.17) is 39.3 Å². The first kappa shape index (κ1) is 107. The largest absolute Gasteiger partial charge is 0.465 e. The van der Waals surface area contributed by atoms with E-state index in [0.717, 1.165) is 63.2 Å². The number of sulfonamides is 1. The van der Waals surface area contributed by atoms with Gasteiger partial charge in [-0.15, -0.1) is 0 Å². The number of pyridine rings is 1. The van der Waals surface area contributed by atoms with Crippen molar-refractivity contribution in [1.29, 1.82) is 0 Å². The maximum atomic E-state index is 12.1. The van der Waals surface area contributed by atoms with Crippen LogP contribution in [0.2, 0.25) is 0 Å². The number of anilines is 1. The van der Waals surface area contributed by atoms with E-state index in [-0.39, 0.29) is 111 Å². The first-order chi connectivity index (χ1) is 55.7. The highest BCUT2D eigenvalue weighted by Crippen LogP contribution is 2.47. The topological polar surface area (TPSA) is 318 Å². The van der Waals surface area contributed by atoms with Crippen molar-refractivity contribution in [1.82, 2.24) is 19.7 Å². The molecular formula is C97H142N6O16S. The second-order valence-corrected chi connectivity index (χ2v) is 38.6. The predicted octanol–water partition coefficient (Wildman–Crippen LogP) is 17.9. The fourth-order valence-electron chi connectivity index (χ4n) is 10.8. The number of esters is 2. The van der Waals surface area contributed by atoms with Gasteiger partial charge in [0.15, 0.2) is 11.6 Å². The second-order valence-electron chi connectivity index (χ2n) is 36.9.